The second kappa shape index (κ2) is 6.28. The van der Waals surface area contributed by atoms with Crippen LogP contribution in [-0.2, 0) is 11.3 Å². The smallest absolute Gasteiger partial charge is 0.324 e. The molecule has 1 unspecified atom stereocenters. The van der Waals surface area contributed by atoms with Crippen LogP contribution in [0, 0.1) is 18.3 Å². The molecule has 1 atom stereocenters. The fourth-order valence-electron chi connectivity index (χ4n) is 3.36. The number of carbonyl (C=O) groups is 1. The Balaban J connectivity index is 2.25. The first-order chi connectivity index (χ1) is 10.0. The van der Waals surface area contributed by atoms with Crippen molar-refractivity contribution in [1.29, 1.82) is 5.26 Å². The number of aryl methyl sites for hydroxylation is 1. The molecule has 0 radical (unpaired) electrons. The van der Waals surface area contributed by atoms with Gasteiger partial charge < -0.3 is 5.11 Å². The van der Waals surface area contributed by atoms with E-state index in [1.54, 1.807) is 6.07 Å². The summed E-state index contributed by atoms with van der Waals surface area (Å²) in [7, 11) is 0. The molecule has 0 amide bonds. The Hall–Kier alpha value is -1.86. The topological polar surface area (TPSA) is 64.3 Å². The number of hydrogen-bond acceptors (Lipinski definition) is 3. The zero-order valence-corrected chi connectivity index (χ0v) is 12.7. The highest BCUT2D eigenvalue weighted by Gasteiger charge is 2.46. The molecule has 0 spiro atoms. The van der Waals surface area contributed by atoms with E-state index in [-0.39, 0.29) is 0 Å². The molecule has 4 heteroatoms. The van der Waals surface area contributed by atoms with E-state index < -0.39 is 11.5 Å². The number of likely N-dealkylation sites (tertiary alicyclic amines) is 1. The molecule has 4 nitrogen and oxygen atoms in total. The number of rotatable bonds is 5. The van der Waals surface area contributed by atoms with Crippen LogP contribution in [-0.4, -0.2) is 28.1 Å². The van der Waals surface area contributed by atoms with Crippen molar-refractivity contribution < 1.29 is 9.90 Å². The predicted molar refractivity (Wildman–Crippen MR) is 80.8 cm³/mol. The minimum Gasteiger partial charge on any atom is -0.480 e. The maximum Gasteiger partial charge on any atom is 0.324 e. The summed E-state index contributed by atoms with van der Waals surface area (Å²) >= 11 is 0. The first kappa shape index (κ1) is 15.5. The lowest BCUT2D eigenvalue weighted by atomic mass is 9.90. The maximum atomic E-state index is 11.8. The number of aliphatic carboxylic acids is 1. The summed E-state index contributed by atoms with van der Waals surface area (Å²) in [5.74, 6) is -0.701. The maximum absolute atomic E-state index is 11.8. The van der Waals surface area contributed by atoms with E-state index in [1.807, 2.05) is 26.0 Å². The summed E-state index contributed by atoms with van der Waals surface area (Å²) in [4.78, 5) is 13.9. The minimum atomic E-state index is -0.713. The van der Waals surface area contributed by atoms with Crippen molar-refractivity contribution in [3.63, 3.8) is 0 Å². The van der Waals surface area contributed by atoms with Gasteiger partial charge in [-0.3, -0.25) is 9.69 Å². The number of nitrogens with zero attached hydrogens (tertiary/aromatic N) is 2. The summed E-state index contributed by atoms with van der Waals surface area (Å²) in [6.45, 7) is 5.48. The van der Waals surface area contributed by atoms with E-state index in [0.29, 0.717) is 18.5 Å². The molecule has 0 aliphatic carbocycles. The van der Waals surface area contributed by atoms with E-state index in [9.17, 15) is 9.90 Å². The largest absolute Gasteiger partial charge is 0.480 e. The number of nitriles is 1. The van der Waals surface area contributed by atoms with Crippen LogP contribution < -0.4 is 0 Å². The molecule has 1 heterocycles. The second-order valence-electron chi connectivity index (χ2n) is 5.86. The van der Waals surface area contributed by atoms with Crippen molar-refractivity contribution in [2.45, 2.75) is 51.6 Å². The Morgan fingerprint density at radius 1 is 1.52 bits per heavy atom. The number of benzene rings is 1. The van der Waals surface area contributed by atoms with E-state index in [1.165, 1.54) is 0 Å². The third kappa shape index (κ3) is 2.93. The number of hydrogen-bond donors (Lipinski definition) is 1. The Morgan fingerprint density at radius 2 is 2.29 bits per heavy atom. The van der Waals surface area contributed by atoms with Crippen LogP contribution in [0.3, 0.4) is 0 Å². The fraction of sp³-hybridized carbons (Fsp3) is 0.529. The molecule has 0 aromatic heterocycles. The van der Waals surface area contributed by atoms with Gasteiger partial charge in [0.15, 0.2) is 0 Å². The van der Waals surface area contributed by atoms with Crippen molar-refractivity contribution in [3.05, 3.63) is 34.9 Å². The quantitative estimate of drug-likeness (QED) is 0.903. The molecular formula is C17H22N2O2. The molecule has 0 saturated carbocycles. The van der Waals surface area contributed by atoms with E-state index in [2.05, 4.69) is 11.0 Å². The fourth-order valence-corrected chi connectivity index (χ4v) is 3.36. The molecule has 21 heavy (non-hydrogen) atoms. The van der Waals surface area contributed by atoms with Crippen molar-refractivity contribution in [1.82, 2.24) is 4.90 Å². The molecule has 112 valence electrons. The summed E-state index contributed by atoms with van der Waals surface area (Å²) < 4.78 is 0. The van der Waals surface area contributed by atoms with Gasteiger partial charge in [0, 0.05) is 6.54 Å². The molecule has 0 bridgehead atoms. The average molecular weight is 286 g/mol. The van der Waals surface area contributed by atoms with Crippen LogP contribution in [0.1, 0.15) is 49.3 Å². The lowest BCUT2D eigenvalue weighted by Crippen LogP contribution is -2.50. The molecule has 1 saturated heterocycles. The highest BCUT2D eigenvalue weighted by molar-refractivity contribution is 5.79. The van der Waals surface area contributed by atoms with Crippen LogP contribution in [0.15, 0.2) is 18.2 Å². The van der Waals surface area contributed by atoms with Crippen LogP contribution in [0.2, 0.25) is 0 Å². The molecule has 1 N–H and O–H groups in total. The summed E-state index contributed by atoms with van der Waals surface area (Å²) in [5, 5.41) is 18.6. The van der Waals surface area contributed by atoms with Gasteiger partial charge in [-0.05, 0) is 56.0 Å². The molecule has 1 aliphatic heterocycles. The van der Waals surface area contributed by atoms with Crippen LogP contribution >= 0.6 is 0 Å². The van der Waals surface area contributed by atoms with Gasteiger partial charge in [-0.1, -0.05) is 19.4 Å². The molecule has 1 aromatic rings. The van der Waals surface area contributed by atoms with Gasteiger partial charge in [0.25, 0.3) is 0 Å². The Morgan fingerprint density at radius 3 is 2.86 bits per heavy atom. The molecule has 1 fully saturated rings. The van der Waals surface area contributed by atoms with Crippen LogP contribution in [0.4, 0.5) is 0 Å². The predicted octanol–water partition coefficient (Wildman–Crippen LogP) is 3.09. The lowest BCUT2D eigenvalue weighted by molar-refractivity contribution is -0.150. The summed E-state index contributed by atoms with van der Waals surface area (Å²) in [6, 6.07) is 7.76. The van der Waals surface area contributed by atoms with Gasteiger partial charge in [-0.15, -0.1) is 0 Å². The third-order valence-corrected chi connectivity index (χ3v) is 4.52. The highest BCUT2D eigenvalue weighted by Crippen LogP contribution is 2.35. The van der Waals surface area contributed by atoms with E-state index in [4.69, 9.17) is 5.26 Å². The normalized spacial score (nSPS) is 22.1. The molecule has 1 aliphatic rings. The second-order valence-corrected chi connectivity index (χ2v) is 5.86. The van der Waals surface area contributed by atoms with Crippen LogP contribution in [0.25, 0.3) is 0 Å². The van der Waals surface area contributed by atoms with Crippen LogP contribution in [0.5, 0.6) is 0 Å². The highest BCUT2D eigenvalue weighted by atomic mass is 16.4. The summed E-state index contributed by atoms with van der Waals surface area (Å²) in [5.41, 5.74) is 2.10. The molecule has 2 rings (SSSR count). The van der Waals surface area contributed by atoms with Gasteiger partial charge in [-0.25, -0.2) is 0 Å². The Bertz CT molecular complexity index is 577. The van der Waals surface area contributed by atoms with Crippen molar-refractivity contribution >= 4 is 5.97 Å². The van der Waals surface area contributed by atoms with E-state index in [0.717, 1.165) is 36.9 Å². The Labute approximate surface area is 126 Å². The zero-order chi connectivity index (χ0) is 15.5. The van der Waals surface area contributed by atoms with Crippen molar-refractivity contribution in [3.8, 4) is 6.07 Å². The lowest BCUT2D eigenvalue weighted by Gasteiger charge is -2.35. The van der Waals surface area contributed by atoms with Gasteiger partial charge in [-0.2, -0.15) is 5.26 Å². The third-order valence-electron chi connectivity index (χ3n) is 4.52. The van der Waals surface area contributed by atoms with Crippen molar-refractivity contribution in [2.24, 2.45) is 0 Å². The van der Waals surface area contributed by atoms with Gasteiger partial charge >= 0.3 is 5.97 Å². The molecular weight excluding hydrogens is 264 g/mol. The van der Waals surface area contributed by atoms with E-state index >= 15 is 0 Å². The Kier molecular flexibility index (Phi) is 4.64. The summed E-state index contributed by atoms with van der Waals surface area (Å²) in [6.07, 6.45) is 3.22. The van der Waals surface area contributed by atoms with Gasteiger partial charge in [0.2, 0.25) is 0 Å². The SMILES string of the molecule is CCCC1(C(=O)O)CCCN1Cc1ccc(C#N)cc1C. The monoisotopic (exact) mass is 286 g/mol. The van der Waals surface area contributed by atoms with Crippen molar-refractivity contribution in [2.75, 3.05) is 6.54 Å². The molecule has 1 aromatic carbocycles. The minimum absolute atomic E-state index is 0.643. The number of carboxylic acid groups (broad SMARTS) is 1. The number of carboxylic acids is 1. The van der Waals surface area contributed by atoms with Gasteiger partial charge in [0.05, 0.1) is 11.6 Å². The average Bonchev–Trinajstić information content (AvgIpc) is 2.85. The first-order valence-corrected chi connectivity index (χ1v) is 7.51. The standard InChI is InChI=1S/C17H22N2O2/c1-3-7-17(16(20)21)8-4-9-19(17)12-15-6-5-14(11-18)10-13(15)2/h5-6,10H,3-4,7-9,12H2,1-2H3,(H,20,21). The van der Waals surface area contributed by atoms with Gasteiger partial charge in [0.1, 0.15) is 5.54 Å². The zero-order valence-electron chi connectivity index (χ0n) is 12.7. The first-order valence-electron chi connectivity index (χ1n) is 7.51.